The second-order valence-corrected chi connectivity index (χ2v) is 5.32. The number of hydrogen-bond acceptors (Lipinski definition) is 6. The number of carbonyl (C=O) groups is 2. The molecule has 0 saturated carbocycles. The van der Waals surface area contributed by atoms with E-state index in [1.54, 1.807) is 49.7 Å². The summed E-state index contributed by atoms with van der Waals surface area (Å²) in [6.07, 6.45) is 0. The maximum atomic E-state index is 12.0. The van der Waals surface area contributed by atoms with E-state index < -0.39 is 5.97 Å². The monoisotopic (exact) mass is 335 g/mol. The normalized spacial score (nSPS) is 10.0. The molecule has 23 heavy (non-hydrogen) atoms. The highest BCUT2D eigenvalue weighted by molar-refractivity contribution is 7.14. The molecule has 1 aromatic heterocycles. The Kier molecular flexibility index (Phi) is 5.99. The van der Waals surface area contributed by atoms with Crippen LogP contribution in [0.5, 0.6) is 11.5 Å². The van der Waals surface area contributed by atoms with Crippen molar-refractivity contribution >= 4 is 28.2 Å². The second-order valence-electron chi connectivity index (χ2n) is 4.40. The number of carbonyl (C=O) groups excluding carboxylic acids is 2. The van der Waals surface area contributed by atoms with Crippen LogP contribution in [0.15, 0.2) is 35.7 Å². The van der Waals surface area contributed by atoms with Crippen LogP contribution >= 0.6 is 11.3 Å². The van der Waals surface area contributed by atoms with Gasteiger partial charge in [0.1, 0.15) is 16.5 Å². The van der Waals surface area contributed by atoms with Crippen LogP contribution in [-0.2, 0) is 9.53 Å². The van der Waals surface area contributed by atoms with E-state index in [1.807, 2.05) is 0 Å². The summed E-state index contributed by atoms with van der Waals surface area (Å²) in [5.74, 6) is 0.348. The lowest BCUT2D eigenvalue weighted by molar-refractivity contribution is -0.118. The molecule has 7 heteroatoms. The number of nitrogens with one attached hydrogen (secondary N) is 1. The molecule has 0 saturated heterocycles. The van der Waals surface area contributed by atoms with Crippen molar-refractivity contribution in [3.8, 4) is 11.5 Å². The highest BCUT2D eigenvalue weighted by atomic mass is 32.1. The zero-order valence-electron chi connectivity index (χ0n) is 12.8. The fourth-order valence-electron chi connectivity index (χ4n) is 1.78. The predicted molar refractivity (Wildman–Crippen MR) is 87.4 cm³/mol. The molecule has 0 aliphatic rings. The Morgan fingerprint density at radius 2 is 2.00 bits per heavy atom. The Morgan fingerprint density at radius 1 is 1.22 bits per heavy atom. The van der Waals surface area contributed by atoms with Gasteiger partial charge >= 0.3 is 5.97 Å². The fourth-order valence-corrected chi connectivity index (χ4v) is 2.57. The number of ether oxygens (including phenoxy) is 3. The van der Waals surface area contributed by atoms with Crippen molar-refractivity contribution in [2.45, 2.75) is 6.92 Å². The van der Waals surface area contributed by atoms with Gasteiger partial charge in [0.2, 0.25) is 0 Å². The van der Waals surface area contributed by atoms with Gasteiger partial charge in [0.25, 0.3) is 5.91 Å². The molecular weight excluding hydrogens is 318 g/mol. The summed E-state index contributed by atoms with van der Waals surface area (Å²) in [4.78, 5) is 23.7. The molecule has 0 bridgehead atoms. The Hall–Kier alpha value is -2.54. The van der Waals surface area contributed by atoms with E-state index in [2.05, 4.69) is 5.32 Å². The van der Waals surface area contributed by atoms with E-state index in [4.69, 9.17) is 14.2 Å². The quantitative estimate of drug-likeness (QED) is 0.788. The number of benzene rings is 1. The van der Waals surface area contributed by atoms with Crippen LogP contribution in [0.1, 0.15) is 17.3 Å². The second kappa shape index (κ2) is 8.19. The van der Waals surface area contributed by atoms with Gasteiger partial charge in [-0.15, -0.1) is 11.3 Å². The van der Waals surface area contributed by atoms with Crippen molar-refractivity contribution in [2.75, 3.05) is 25.6 Å². The lowest BCUT2D eigenvalue weighted by atomic mass is 10.3. The number of methoxy groups -OCH3 is 1. The molecule has 0 aliphatic carbocycles. The largest absolute Gasteiger partial charge is 0.497 e. The first-order chi connectivity index (χ1) is 11.1. The van der Waals surface area contributed by atoms with Gasteiger partial charge in [-0.25, -0.2) is 4.79 Å². The van der Waals surface area contributed by atoms with Crippen LogP contribution in [0.25, 0.3) is 0 Å². The van der Waals surface area contributed by atoms with E-state index in [-0.39, 0.29) is 19.1 Å². The molecule has 6 nitrogen and oxygen atoms in total. The zero-order valence-corrected chi connectivity index (χ0v) is 13.6. The van der Waals surface area contributed by atoms with Crippen LogP contribution in [0, 0.1) is 0 Å². The molecular formula is C16H17NO5S. The van der Waals surface area contributed by atoms with Gasteiger partial charge in [0.15, 0.2) is 6.61 Å². The Balaban J connectivity index is 1.92. The molecule has 2 aromatic rings. The van der Waals surface area contributed by atoms with E-state index >= 15 is 0 Å². The van der Waals surface area contributed by atoms with Crippen LogP contribution in [-0.4, -0.2) is 32.2 Å². The maximum absolute atomic E-state index is 12.0. The number of esters is 1. The summed E-state index contributed by atoms with van der Waals surface area (Å²) in [5.41, 5.74) is 0.339. The molecule has 1 heterocycles. The van der Waals surface area contributed by atoms with Crippen LogP contribution in [0.4, 0.5) is 5.00 Å². The van der Waals surface area contributed by atoms with Crippen LogP contribution in [0.2, 0.25) is 0 Å². The van der Waals surface area contributed by atoms with E-state index in [0.717, 1.165) is 0 Å². The summed E-state index contributed by atoms with van der Waals surface area (Å²) in [6.45, 7) is 1.83. The summed E-state index contributed by atoms with van der Waals surface area (Å²) < 4.78 is 15.4. The van der Waals surface area contributed by atoms with E-state index in [9.17, 15) is 9.59 Å². The summed E-state index contributed by atoms with van der Waals surface area (Å²) in [5, 5.41) is 4.81. The number of thiophene rings is 1. The standard InChI is InChI=1S/C16H17NO5S/c1-3-21-16(19)13-7-8-23-15(13)17-14(18)10-22-12-6-4-5-11(9-12)20-2/h4-9H,3,10H2,1-2H3,(H,17,18). The third-order valence-electron chi connectivity index (χ3n) is 2.82. The lowest BCUT2D eigenvalue weighted by Gasteiger charge is -2.08. The first-order valence-electron chi connectivity index (χ1n) is 6.95. The van der Waals surface area contributed by atoms with Crippen molar-refractivity contribution in [1.82, 2.24) is 0 Å². The van der Waals surface area contributed by atoms with Crippen LogP contribution in [0.3, 0.4) is 0 Å². The summed E-state index contributed by atoms with van der Waals surface area (Å²) >= 11 is 1.25. The molecule has 0 radical (unpaired) electrons. The zero-order chi connectivity index (χ0) is 16.7. The molecule has 0 atom stereocenters. The molecule has 2 rings (SSSR count). The molecule has 0 aliphatic heterocycles. The number of hydrogen-bond donors (Lipinski definition) is 1. The molecule has 1 amide bonds. The molecule has 122 valence electrons. The highest BCUT2D eigenvalue weighted by Crippen LogP contribution is 2.24. The molecule has 1 aromatic carbocycles. The molecule has 0 fully saturated rings. The SMILES string of the molecule is CCOC(=O)c1ccsc1NC(=O)COc1cccc(OC)c1. The first-order valence-corrected chi connectivity index (χ1v) is 7.83. The fraction of sp³-hybridized carbons (Fsp3) is 0.250. The van der Waals surface area contributed by atoms with Gasteiger partial charge in [-0.1, -0.05) is 6.07 Å². The van der Waals surface area contributed by atoms with Crippen molar-refractivity contribution in [3.63, 3.8) is 0 Å². The molecule has 0 spiro atoms. The van der Waals surface area contributed by atoms with E-state index in [0.29, 0.717) is 22.1 Å². The predicted octanol–water partition coefficient (Wildman–Crippen LogP) is 2.95. The van der Waals surface area contributed by atoms with Gasteiger partial charge in [0, 0.05) is 6.07 Å². The van der Waals surface area contributed by atoms with Crippen molar-refractivity contribution in [1.29, 1.82) is 0 Å². The third-order valence-corrected chi connectivity index (χ3v) is 3.65. The highest BCUT2D eigenvalue weighted by Gasteiger charge is 2.16. The minimum atomic E-state index is -0.460. The smallest absolute Gasteiger partial charge is 0.341 e. The van der Waals surface area contributed by atoms with Crippen LogP contribution < -0.4 is 14.8 Å². The third kappa shape index (κ3) is 4.72. The minimum absolute atomic E-state index is 0.173. The first kappa shape index (κ1) is 16.8. The number of amides is 1. The summed E-state index contributed by atoms with van der Waals surface area (Å²) in [7, 11) is 1.56. The molecule has 0 unspecified atom stereocenters. The van der Waals surface area contributed by atoms with Crippen molar-refractivity contribution < 1.29 is 23.8 Å². The van der Waals surface area contributed by atoms with Gasteiger partial charge < -0.3 is 19.5 Å². The number of anilines is 1. The van der Waals surface area contributed by atoms with Gasteiger partial charge in [-0.05, 0) is 30.5 Å². The average molecular weight is 335 g/mol. The van der Waals surface area contributed by atoms with Crippen molar-refractivity contribution in [2.24, 2.45) is 0 Å². The van der Waals surface area contributed by atoms with Gasteiger partial charge in [-0.2, -0.15) is 0 Å². The minimum Gasteiger partial charge on any atom is -0.497 e. The summed E-state index contributed by atoms with van der Waals surface area (Å²) in [6, 6.07) is 8.57. The average Bonchev–Trinajstić information content (AvgIpc) is 3.01. The van der Waals surface area contributed by atoms with Gasteiger partial charge in [0.05, 0.1) is 19.3 Å². The lowest BCUT2D eigenvalue weighted by Crippen LogP contribution is -2.21. The van der Waals surface area contributed by atoms with Gasteiger partial charge in [-0.3, -0.25) is 4.79 Å². The Labute approximate surface area is 138 Å². The Bertz CT molecular complexity index is 683. The van der Waals surface area contributed by atoms with E-state index in [1.165, 1.54) is 11.3 Å². The molecule has 1 N–H and O–H groups in total. The number of rotatable bonds is 7. The van der Waals surface area contributed by atoms with Crippen molar-refractivity contribution in [3.05, 3.63) is 41.3 Å². The maximum Gasteiger partial charge on any atom is 0.341 e. The Morgan fingerprint density at radius 3 is 2.74 bits per heavy atom. The topological polar surface area (TPSA) is 73.9 Å².